The van der Waals surface area contributed by atoms with Crippen LogP contribution in [-0.4, -0.2) is 18.4 Å². The molecule has 0 radical (unpaired) electrons. The first-order valence-corrected chi connectivity index (χ1v) is 3.12. The molecule has 1 aliphatic carbocycles. The molecule has 2 fully saturated rings. The molecule has 2 bridgehead atoms. The monoisotopic (exact) mass is 111 g/mol. The fourth-order valence-corrected chi connectivity index (χ4v) is 1.64. The van der Waals surface area contributed by atoms with Gasteiger partial charge >= 0.3 is 0 Å². The molecule has 2 aliphatic rings. The van der Waals surface area contributed by atoms with Crippen LogP contribution >= 0.6 is 0 Å². The molecule has 2 heteroatoms. The Balaban J connectivity index is 2.22. The van der Waals surface area contributed by atoms with Gasteiger partial charge in [-0.25, -0.2) is 0 Å². The van der Waals surface area contributed by atoms with E-state index in [9.17, 15) is 4.79 Å². The largest absolute Gasteiger partial charge is 0.307 e. The number of ketones is 1. The molecule has 2 atom stereocenters. The van der Waals surface area contributed by atoms with Crippen molar-refractivity contribution in [3.63, 3.8) is 0 Å². The van der Waals surface area contributed by atoms with Gasteiger partial charge in [0.25, 0.3) is 0 Å². The molecule has 44 valence electrons. The van der Waals surface area contributed by atoms with Gasteiger partial charge in [-0.3, -0.25) is 4.79 Å². The van der Waals surface area contributed by atoms with Crippen LogP contribution < -0.4 is 5.32 Å². The van der Waals surface area contributed by atoms with Crippen LogP contribution in [0.2, 0.25) is 0 Å². The normalized spacial score (nSPS) is 43.8. The Morgan fingerprint density at radius 1 is 1.62 bits per heavy atom. The average molecular weight is 111 g/mol. The summed E-state index contributed by atoms with van der Waals surface area (Å²) in [5, 5.41) is 3.16. The summed E-state index contributed by atoms with van der Waals surface area (Å²) in [5.74, 6) is 1.12. The lowest BCUT2D eigenvalue weighted by Gasteiger charge is -2.07. The molecule has 1 aliphatic heterocycles. The second kappa shape index (κ2) is 1.32. The molecule has 1 saturated carbocycles. The van der Waals surface area contributed by atoms with E-state index in [1.165, 1.54) is 0 Å². The first-order valence-electron chi connectivity index (χ1n) is 3.12. The third kappa shape index (κ3) is 0.436. The van der Waals surface area contributed by atoms with Crippen LogP contribution in [-0.2, 0) is 4.79 Å². The molecule has 0 spiro atoms. The molecule has 2 rings (SSSR count). The van der Waals surface area contributed by atoms with E-state index < -0.39 is 0 Å². The van der Waals surface area contributed by atoms with Gasteiger partial charge < -0.3 is 5.32 Å². The maximum absolute atomic E-state index is 10.8. The fraction of sp³-hybridized carbons (Fsp3) is 0.833. The van der Waals surface area contributed by atoms with Crippen molar-refractivity contribution in [2.45, 2.75) is 18.9 Å². The zero-order valence-electron chi connectivity index (χ0n) is 4.68. The molecule has 1 saturated heterocycles. The number of carbonyl (C=O) groups excluding carboxylic acids is 1. The molecule has 0 aromatic rings. The Bertz CT molecular complexity index is 132. The van der Waals surface area contributed by atoms with Crippen LogP contribution in [0.25, 0.3) is 0 Å². The Kier molecular flexibility index (Phi) is 0.742. The number of hydrogen-bond acceptors (Lipinski definition) is 2. The molecule has 8 heavy (non-hydrogen) atoms. The molecular weight excluding hydrogens is 102 g/mol. The minimum Gasteiger partial charge on any atom is -0.307 e. The van der Waals surface area contributed by atoms with E-state index in [-0.39, 0.29) is 6.04 Å². The molecule has 1 heterocycles. The number of piperidine rings is 1. The minimum absolute atomic E-state index is 0.250. The number of rotatable bonds is 0. The van der Waals surface area contributed by atoms with Crippen molar-refractivity contribution in [2.75, 3.05) is 6.54 Å². The van der Waals surface area contributed by atoms with Crippen LogP contribution in [0, 0.1) is 5.92 Å². The van der Waals surface area contributed by atoms with Crippen molar-refractivity contribution in [2.24, 2.45) is 5.92 Å². The van der Waals surface area contributed by atoms with Crippen LogP contribution in [0.3, 0.4) is 0 Å². The van der Waals surface area contributed by atoms with E-state index in [2.05, 4.69) is 5.32 Å². The van der Waals surface area contributed by atoms with Crippen molar-refractivity contribution in [1.29, 1.82) is 0 Å². The van der Waals surface area contributed by atoms with E-state index in [4.69, 9.17) is 0 Å². The summed E-state index contributed by atoms with van der Waals surface area (Å²) in [7, 11) is 0. The topological polar surface area (TPSA) is 29.1 Å². The van der Waals surface area contributed by atoms with Crippen LogP contribution in [0.15, 0.2) is 0 Å². The second-order valence-electron chi connectivity index (χ2n) is 2.73. The zero-order valence-corrected chi connectivity index (χ0v) is 4.68. The highest BCUT2D eigenvalue weighted by Crippen LogP contribution is 2.27. The second-order valence-corrected chi connectivity index (χ2v) is 2.73. The van der Waals surface area contributed by atoms with Crippen molar-refractivity contribution in [1.82, 2.24) is 5.32 Å². The number of Topliss-reactive ketones (excluding diaryl/α,β-unsaturated/α-hetero) is 1. The van der Waals surface area contributed by atoms with Gasteiger partial charge in [-0.1, -0.05) is 0 Å². The molecule has 0 amide bonds. The van der Waals surface area contributed by atoms with Gasteiger partial charge in [-0.05, 0) is 18.9 Å². The van der Waals surface area contributed by atoms with Gasteiger partial charge in [-0.15, -0.1) is 0 Å². The first-order chi connectivity index (χ1) is 3.86. The standard InChI is InChI=1S/C6H9NO/c8-6-2-4-1-5(6)7-3-4/h4-5,7H,1-3H2. The number of carbonyl (C=O) groups is 1. The third-order valence-corrected chi connectivity index (χ3v) is 2.10. The predicted molar refractivity (Wildman–Crippen MR) is 29.5 cm³/mol. The van der Waals surface area contributed by atoms with E-state index >= 15 is 0 Å². The van der Waals surface area contributed by atoms with Gasteiger partial charge in [0.2, 0.25) is 0 Å². The smallest absolute Gasteiger partial charge is 0.150 e. The lowest BCUT2D eigenvalue weighted by molar-refractivity contribution is -0.119. The Hall–Kier alpha value is -0.370. The fourth-order valence-electron chi connectivity index (χ4n) is 1.64. The van der Waals surface area contributed by atoms with Crippen molar-refractivity contribution in [3.05, 3.63) is 0 Å². The summed E-state index contributed by atoms with van der Waals surface area (Å²) in [4.78, 5) is 10.8. The maximum atomic E-state index is 10.8. The molecule has 2 unspecified atom stereocenters. The lowest BCUT2D eigenvalue weighted by Crippen LogP contribution is -2.32. The Morgan fingerprint density at radius 2 is 2.50 bits per heavy atom. The van der Waals surface area contributed by atoms with Gasteiger partial charge in [0.05, 0.1) is 6.04 Å². The summed E-state index contributed by atoms with van der Waals surface area (Å²) in [6.07, 6.45) is 1.95. The van der Waals surface area contributed by atoms with E-state index in [1.807, 2.05) is 0 Å². The summed E-state index contributed by atoms with van der Waals surface area (Å²) in [6, 6.07) is 0.250. The average Bonchev–Trinajstić information content (AvgIpc) is 2.23. The highest BCUT2D eigenvalue weighted by Gasteiger charge is 2.37. The minimum atomic E-state index is 0.250. The lowest BCUT2D eigenvalue weighted by atomic mass is 10.1. The van der Waals surface area contributed by atoms with E-state index in [1.54, 1.807) is 0 Å². The number of nitrogens with one attached hydrogen (secondary N) is 1. The van der Waals surface area contributed by atoms with Gasteiger partial charge in [0, 0.05) is 6.42 Å². The van der Waals surface area contributed by atoms with Gasteiger partial charge in [0.15, 0.2) is 0 Å². The molecule has 2 nitrogen and oxygen atoms in total. The molecule has 1 N–H and O–H groups in total. The molecule has 0 aromatic heterocycles. The van der Waals surface area contributed by atoms with Crippen LogP contribution in [0.5, 0.6) is 0 Å². The summed E-state index contributed by atoms with van der Waals surface area (Å²) in [6.45, 7) is 1.08. The van der Waals surface area contributed by atoms with Crippen LogP contribution in [0.1, 0.15) is 12.8 Å². The van der Waals surface area contributed by atoms with E-state index in [0.29, 0.717) is 11.7 Å². The first kappa shape index (κ1) is 4.50. The maximum Gasteiger partial charge on any atom is 0.150 e. The van der Waals surface area contributed by atoms with Crippen LogP contribution in [0.4, 0.5) is 0 Å². The molecule has 0 aromatic carbocycles. The molecular formula is C6H9NO. The summed E-state index contributed by atoms with van der Waals surface area (Å²) >= 11 is 0. The SMILES string of the molecule is O=C1CC2CNC1C2. The predicted octanol–water partition coefficient (Wildman–Crippen LogP) is -0.0627. The Morgan fingerprint density at radius 3 is 2.75 bits per heavy atom. The zero-order chi connectivity index (χ0) is 5.56. The highest BCUT2D eigenvalue weighted by molar-refractivity contribution is 5.87. The van der Waals surface area contributed by atoms with E-state index in [0.717, 1.165) is 19.4 Å². The highest BCUT2D eigenvalue weighted by atomic mass is 16.1. The van der Waals surface area contributed by atoms with Gasteiger partial charge in [-0.2, -0.15) is 0 Å². The third-order valence-electron chi connectivity index (χ3n) is 2.10. The van der Waals surface area contributed by atoms with Crippen molar-refractivity contribution < 1.29 is 4.79 Å². The van der Waals surface area contributed by atoms with Crippen molar-refractivity contribution >= 4 is 5.78 Å². The summed E-state index contributed by atoms with van der Waals surface area (Å²) < 4.78 is 0. The quantitative estimate of drug-likeness (QED) is 0.474. The summed E-state index contributed by atoms with van der Waals surface area (Å²) in [5.41, 5.74) is 0. The number of hydrogen-bond donors (Lipinski definition) is 1. The van der Waals surface area contributed by atoms with Gasteiger partial charge in [0.1, 0.15) is 5.78 Å². The Labute approximate surface area is 48.3 Å². The number of fused-ring (bicyclic) bond motifs is 2. The van der Waals surface area contributed by atoms with Crippen molar-refractivity contribution in [3.8, 4) is 0 Å².